The first-order valence-electron chi connectivity index (χ1n) is 6.86. The van der Waals surface area contributed by atoms with Crippen molar-refractivity contribution < 1.29 is 9.21 Å². The van der Waals surface area contributed by atoms with Crippen LogP contribution in [0.3, 0.4) is 0 Å². The molecule has 0 aliphatic carbocycles. The molecule has 0 saturated heterocycles. The van der Waals surface area contributed by atoms with Gasteiger partial charge in [0, 0.05) is 10.6 Å². The van der Waals surface area contributed by atoms with E-state index in [1.165, 1.54) is 6.21 Å². The van der Waals surface area contributed by atoms with Crippen molar-refractivity contribution in [2.24, 2.45) is 5.10 Å². The van der Waals surface area contributed by atoms with Gasteiger partial charge in [-0.1, -0.05) is 35.1 Å². The SMILES string of the molecule is Nc1nnc(CC(=O)N/N=C\c2ccc(-c3cccc(Cl)c3)o2)s1. The number of hydrazone groups is 1. The van der Waals surface area contributed by atoms with E-state index in [4.69, 9.17) is 21.8 Å². The quantitative estimate of drug-likeness (QED) is 0.536. The number of rotatable bonds is 5. The molecule has 2 heterocycles. The fourth-order valence-electron chi connectivity index (χ4n) is 1.90. The van der Waals surface area contributed by atoms with E-state index in [2.05, 4.69) is 20.7 Å². The third kappa shape index (κ3) is 4.18. The Morgan fingerprint density at radius 3 is 3.00 bits per heavy atom. The van der Waals surface area contributed by atoms with Gasteiger partial charge in [0.1, 0.15) is 16.5 Å². The average molecular weight is 362 g/mol. The van der Waals surface area contributed by atoms with Gasteiger partial charge in [-0.3, -0.25) is 4.79 Å². The topological polar surface area (TPSA) is 106 Å². The molecule has 0 atom stereocenters. The van der Waals surface area contributed by atoms with Crippen LogP contribution >= 0.6 is 22.9 Å². The Hall–Kier alpha value is -2.71. The number of nitrogen functional groups attached to an aromatic ring is 1. The van der Waals surface area contributed by atoms with Gasteiger partial charge in [0.05, 0.1) is 12.6 Å². The minimum absolute atomic E-state index is 0.0676. The van der Waals surface area contributed by atoms with Crippen molar-refractivity contribution in [3.63, 3.8) is 0 Å². The van der Waals surface area contributed by atoms with Crippen molar-refractivity contribution in [3.05, 3.63) is 52.2 Å². The maximum Gasteiger partial charge on any atom is 0.247 e. The number of halogens is 1. The molecule has 0 aliphatic heterocycles. The van der Waals surface area contributed by atoms with Crippen LogP contribution < -0.4 is 11.2 Å². The summed E-state index contributed by atoms with van der Waals surface area (Å²) in [6.07, 6.45) is 1.48. The molecular formula is C15H12ClN5O2S. The third-order valence-corrected chi connectivity index (χ3v) is 3.90. The van der Waals surface area contributed by atoms with Gasteiger partial charge >= 0.3 is 0 Å². The number of amides is 1. The van der Waals surface area contributed by atoms with Gasteiger partial charge in [0.2, 0.25) is 11.0 Å². The summed E-state index contributed by atoms with van der Waals surface area (Å²) in [7, 11) is 0. The number of anilines is 1. The fourth-order valence-corrected chi connectivity index (χ4v) is 2.70. The molecule has 3 rings (SSSR count). The Kier molecular flexibility index (Phi) is 4.88. The Morgan fingerprint density at radius 1 is 1.38 bits per heavy atom. The molecule has 3 N–H and O–H groups in total. The van der Waals surface area contributed by atoms with E-state index in [0.717, 1.165) is 16.9 Å². The number of nitrogens with zero attached hydrogens (tertiary/aromatic N) is 3. The summed E-state index contributed by atoms with van der Waals surface area (Å²) in [5.41, 5.74) is 8.71. The summed E-state index contributed by atoms with van der Waals surface area (Å²) < 4.78 is 5.63. The Bertz CT molecular complexity index is 889. The van der Waals surface area contributed by atoms with E-state index < -0.39 is 0 Å². The smallest absolute Gasteiger partial charge is 0.247 e. The second-order valence-corrected chi connectivity index (χ2v) is 6.25. The second kappa shape index (κ2) is 7.24. The number of hydrogen-bond donors (Lipinski definition) is 2. The van der Waals surface area contributed by atoms with Crippen molar-refractivity contribution in [2.75, 3.05) is 5.73 Å². The highest BCUT2D eigenvalue weighted by Gasteiger charge is 2.07. The van der Waals surface area contributed by atoms with Crippen LogP contribution in [0.1, 0.15) is 10.8 Å². The van der Waals surface area contributed by atoms with E-state index in [1.807, 2.05) is 12.1 Å². The number of furan rings is 1. The zero-order valence-electron chi connectivity index (χ0n) is 12.3. The standard InChI is InChI=1S/C15H12ClN5O2S/c16-10-3-1-2-9(6-10)12-5-4-11(23-12)8-18-19-13(22)7-14-20-21-15(17)24-14/h1-6,8H,7H2,(H2,17,21)(H,19,22)/b18-8-. The molecule has 24 heavy (non-hydrogen) atoms. The van der Waals surface area contributed by atoms with Gasteiger partial charge < -0.3 is 10.2 Å². The third-order valence-electron chi connectivity index (χ3n) is 2.91. The van der Waals surface area contributed by atoms with Crippen LogP contribution in [0.2, 0.25) is 5.02 Å². The molecular weight excluding hydrogens is 350 g/mol. The zero-order valence-corrected chi connectivity index (χ0v) is 13.8. The average Bonchev–Trinajstić information content (AvgIpc) is 3.17. The Balaban J connectivity index is 1.58. The zero-order chi connectivity index (χ0) is 16.9. The summed E-state index contributed by atoms with van der Waals surface area (Å²) in [4.78, 5) is 11.7. The molecule has 0 fully saturated rings. The molecule has 1 amide bonds. The Labute approximate surface area is 146 Å². The largest absolute Gasteiger partial charge is 0.455 e. The van der Waals surface area contributed by atoms with Crippen molar-refractivity contribution in [2.45, 2.75) is 6.42 Å². The fraction of sp³-hybridized carbons (Fsp3) is 0.0667. The van der Waals surface area contributed by atoms with Crippen molar-refractivity contribution >= 4 is 40.2 Å². The van der Waals surface area contributed by atoms with Crippen molar-refractivity contribution in [1.82, 2.24) is 15.6 Å². The minimum Gasteiger partial charge on any atom is -0.455 e. The van der Waals surface area contributed by atoms with E-state index in [1.54, 1.807) is 24.3 Å². The summed E-state index contributed by atoms with van der Waals surface area (Å²) >= 11 is 7.12. The molecule has 0 radical (unpaired) electrons. The van der Waals surface area contributed by atoms with Gasteiger partial charge in [-0.05, 0) is 24.3 Å². The lowest BCUT2D eigenvalue weighted by molar-refractivity contribution is -0.120. The maximum absolute atomic E-state index is 11.7. The lowest BCUT2D eigenvalue weighted by atomic mass is 10.2. The Morgan fingerprint density at radius 2 is 2.25 bits per heavy atom. The number of benzene rings is 1. The van der Waals surface area contributed by atoms with Crippen LogP contribution in [0.5, 0.6) is 0 Å². The first kappa shape index (κ1) is 16.2. The van der Waals surface area contributed by atoms with Crippen molar-refractivity contribution in [1.29, 1.82) is 0 Å². The molecule has 0 spiro atoms. The van der Waals surface area contributed by atoms with E-state index >= 15 is 0 Å². The predicted molar refractivity (Wildman–Crippen MR) is 92.9 cm³/mol. The summed E-state index contributed by atoms with van der Waals surface area (Å²) in [6, 6.07) is 10.9. The highest BCUT2D eigenvalue weighted by molar-refractivity contribution is 7.15. The summed E-state index contributed by atoms with van der Waals surface area (Å²) in [6.45, 7) is 0. The molecule has 122 valence electrons. The number of hydrogen-bond acceptors (Lipinski definition) is 7. The van der Waals surface area contributed by atoms with E-state index in [0.29, 0.717) is 26.7 Å². The van der Waals surface area contributed by atoms with Crippen LogP contribution in [-0.2, 0) is 11.2 Å². The number of nitrogens with one attached hydrogen (secondary N) is 1. The summed E-state index contributed by atoms with van der Waals surface area (Å²) in [5, 5.41) is 12.7. The normalized spacial score (nSPS) is 11.0. The highest BCUT2D eigenvalue weighted by Crippen LogP contribution is 2.24. The van der Waals surface area contributed by atoms with Gasteiger partial charge in [0.15, 0.2) is 0 Å². The molecule has 7 nitrogen and oxygen atoms in total. The number of carbonyl (C=O) groups excluding carboxylic acids is 1. The molecule has 9 heteroatoms. The predicted octanol–water partition coefficient (Wildman–Crippen LogP) is 2.73. The van der Waals surface area contributed by atoms with Crippen LogP contribution in [0.15, 0.2) is 45.9 Å². The monoisotopic (exact) mass is 361 g/mol. The first-order valence-corrected chi connectivity index (χ1v) is 8.05. The molecule has 0 saturated carbocycles. The van der Waals surface area contributed by atoms with Gasteiger partial charge in [0.25, 0.3) is 0 Å². The molecule has 0 unspecified atom stereocenters. The van der Waals surface area contributed by atoms with Crippen LogP contribution in [0.25, 0.3) is 11.3 Å². The minimum atomic E-state index is -0.316. The van der Waals surface area contributed by atoms with Crippen LogP contribution in [0, 0.1) is 0 Å². The lowest BCUT2D eigenvalue weighted by Gasteiger charge is -1.97. The second-order valence-electron chi connectivity index (χ2n) is 4.72. The molecule has 1 aromatic carbocycles. The number of aromatic nitrogens is 2. The van der Waals surface area contributed by atoms with Crippen LogP contribution in [0.4, 0.5) is 5.13 Å². The first-order chi connectivity index (χ1) is 11.6. The van der Waals surface area contributed by atoms with Gasteiger partial charge in [-0.15, -0.1) is 10.2 Å². The van der Waals surface area contributed by atoms with Crippen molar-refractivity contribution in [3.8, 4) is 11.3 Å². The molecule has 0 bridgehead atoms. The highest BCUT2D eigenvalue weighted by atomic mass is 35.5. The molecule has 0 aliphatic rings. The van der Waals surface area contributed by atoms with Gasteiger partial charge in [-0.25, -0.2) is 5.43 Å². The number of nitrogens with two attached hydrogens (primary N) is 1. The maximum atomic E-state index is 11.7. The molecule has 3 aromatic rings. The lowest BCUT2D eigenvalue weighted by Crippen LogP contribution is -2.19. The van der Waals surface area contributed by atoms with Crippen LogP contribution in [-0.4, -0.2) is 22.3 Å². The van der Waals surface area contributed by atoms with E-state index in [9.17, 15) is 4.79 Å². The summed E-state index contributed by atoms with van der Waals surface area (Å²) in [5.74, 6) is 0.851. The number of carbonyl (C=O) groups is 1. The van der Waals surface area contributed by atoms with E-state index in [-0.39, 0.29) is 12.3 Å². The molecule has 2 aromatic heterocycles. The van der Waals surface area contributed by atoms with Gasteiger partial charge in [-0.2, -0.15) is 5.10 Å².